The smallest absolute Gasteiger partial charge is 0.240 e. The number of carbonyl (C=O) groups excluding carboxylic acids is 2. The van der Waals surface area contributed by atoms with Crippen LogP contribution < -0.4 is 15.1 Å². The van der Waals surface area contributed by atoms with E-state index in [2.05, 4.69) is 16.6 Å². The zero-order valence-corrected chi connectivity index (χ0v) is 18.4. The van der Waals surface area contributed by atoms with E-state index in [4.69, 9.17) is 4.74 Å². The van der Waals surface area contributed by atoms with Crippen LogP contribution in [-0.4, -0.2) is 24.6 Å². The van der Waals surface area contributed by atoms with Crippen molar-refractivity contribution in [3.8, 4) is 5.75 Å². The molecular weight excluding hydrogens is 414 g/mol. The Bertz CT molecular complexity index is 1110. The third-order valence-corrected chi connectivity index (χ3v) is 5.51. The summed E-state index contributed by atoms with van der Waals surface area (Å²) in [5.41, 5.74) is 6.58. The van der Waals surface area contributed by atoms with E-state index < -0.39 is 0 Å². The Hall–Kier alpha value is -3.93. The normalized spacial score (nSPS) is 12.9. The molecule has 168 valence electrons. The van der Waals surface area contributed by atoms with E-state index in [0.717, 1.165) is 35.4 Å². The molecule has 1 aliphatic rings. The number of aryl methyl sites for hydroxylation is 1. The van der Waals surface area contributed by atoms with Gasteiger partial charge in [-0.05, 0) is 59.9 Å². The number of fused-ring (bicyclic) bond motifs is 1. The maximum atomic E-state index is 12.6. The molecule has 0 atom stereocenters. The van der Waals surface area contributed by atoms with Crippen LogP contribution in [0.4, 0.5) is 5.69 Å². The topological polar surface area (TPSA) is 71.0 Å². The summed E-state index contributed by atoms with van der Waals surface area (Å²) in [6.45, 7) is 1.20. The van der Waals surface area contributed by atoms with E-state index in [0.29, 0.717) is 13.2 Å². The van der Waals surface area contributed by atoms with Gasteiger partial charge in [-0.2, -0.15) is 5.10 Å². The largest absolute Gasteiger partial charge is 0.489 e. The number of anilines is 1. The van der Waals surface area contributed by atoms with Gasteiger partial charge in [-0.15, -0.1) is 0 Å². The first-order valence-corrected chi connectivity index (χ1v) is 11.2. The van der Waals surface area contributed by atoms with Crippen molar-refractivity contribution in [2.24, 2.45) is 5.10 Å². The summed E-state index contributed by atoms with van der Waals surface area (Å²) in [6.07, 6.45) is 3.75. The Balaban J connectivity index is 1.20. The Labute approximate surface area is 193 Å². The summed E-state index contributed by atoms with van der Waals surface area (Å²) in [4.78, 5) is 26.5. The molecule has 0 radical (unpaired) electrons. The van der Waals surface area contributed by atoms with Gasteiger partial charge < -0.3 is 9.64 Å². The zero-order chi connectivity index (χ0) is 22.9. The molecule has 6 heteroatoms. The molecule has 0 aromatic heterocycles. The lowest BCUT2D eigenvalue weighted by molar-refractivity contribution is -0.125. The number of ether oxygens (including phenoxy) is 1. The predicted molar refractivity (Wildman–Crippen MR) is 129 cm³/mol. The number of hydrogen-bond acceptors (Lipinski definition) is 4. The number of carbonyl (C=O) groups is 2. The number of nitrogens with one attached hydrogen (secondary N) is 1. The molecule has 0 saturated heterocycles. The number of amides is 2. The van der Waals surface area contributed by atoms with Crippen LogP contribution in [0.25, 0.3) is 0 Å². The van der Waals surface area contributed by atoms with Crippen molar-refractivity contribution < 1.29 is 14.3 Å². The molecule has 0 bridgehead atoms. The lowest BCUT2D eigenvalue weighted by Crippen LogP contribution is -2.36. The van der Waals surface area contributed by atoms with E-state index in [1.165, 1.54) is 5.56 Å². The van der Waals surface area contributed by atoms with Crippen LogP contribution in [0.2, 0.25) is 0 Å². The van der Waals surface area contributed by atoms with Crippen molar-refractivity contribution in [2.45, 2.75) is 32.3 Å². The van der Waals surface area contributed by atoms with E-state index in [-0.39, 0.29) is 24.7 Å². The van der Waals surface area contributed by atoms with Crippen LogP contribution in [0.3, 0.4) is 0 Å². The predicted octanol–water partition coefficient (Wildman–Crippen LogP) is 4.48. The third-order valence-electron chi connectivity index (χ3n) is 5.51. The highest BCUT2D eigenvalue weighted by Gasteiger charge is 2.22. The maximum Gasteiger partial charge on any atom is 0.240 e. The van der Waals surface area contributed by atoms with Crippen molar-refractivity contribution in [1.82, 2.24) is 5.43 Å². The lowest BCUT2D eigenvalue weighted by Gasteiger charge is -2.29. The summed E-state index contributed by atoms with van der Waals surface area (Å²) >= 11 is 0. The van der Waals surface area contributed by atoms with Gasteiger partial charge in [0.05, 0.1) is 6.21 Å². The summed E-state index contributed by atoms with van der Waals surface area (Å²) in [5.74, 6) is 0.443. The number of hydrazone groups is 1. The SMILES string of the molecule is O=C(CCC(=O)N1CCCc2ccccc21)N/N=C/c1ccc(OCc2ccccc2)cc1. The van der Waals surface area contributed by atoms with Crippen LogP contribution in [0.1, 0.15) is 36.0 Å². The first-order chi connectivity index (χ1) is 16.2. The molecular formula is C27H27N3O3. The first kappa shape index (κ1) is 22.3. The summed E-state index contributed by atoms with van der Waals surface area (Å²) < 4.78 is 5.77. The number of rotatable bonds is 8. The minimum Gasteiger partial charge on any atom is -0.489 e. The fourth-order valence-electron chi connectivity index (χ4n) is 3.77. The van der Waals surface area contributed by atoms with Crippen molar-refractivity contribution in [2.75, 3.05) is 11.4 Å². The molecule has 3 aromatic rings. The molecule has 6 nitrogen and oxygen atoms in total. The molecule has 4 rings (SSSR count). The van der Waals surface area contributed by atoms with Crippen molar-refractivity contribution in [1.29, 1.82) is 0 Å². The second-order valence-corrected chi connectivity index (χ2v) is 7.91. The molecule has 1 aliphatic heterocycles. The van der Waals surface area contributed by atoms with Gasteiger partial charge in [0.2, 0.25) is 11.8 Å². The van der Waals surface area contributed by atoms with Gasteiger partial charge in [0.15, 0.2) is 0 Å². The Morgan fingerprint density at radius 3 is 2.52 bits per heavy atom. The second-order valence-electron chi connectivity index (χ2n) is 7.91. The maximum absolute atomic E-state index is 12.6. The molecule has 0 saturated carbocycles. The highest BCUT2D eigenvalue weighted by Crippen LogP contribution is 2.27. The molecule has 1 N–H and O–H groups in total. The van der Waals surface area contributed by atoms with Gasteiger partial charge >= 0.3 is 0 Å². The highest BCUT2D eigenvalue weighted by atomic mass is 16.5. The highest BCUT2D eigenvalue weighted by molar-refractivity contribution is 5.96. The fourth-order valence-corrected chi connectivity index (χ4v) is 3.77. The number of hydrogen-bond donors (Lipinski definition) is 1. The molecule has 0 aliphatic carbocycles. The molecule has 3 aromatic carbocycles. The van der Waals surface area contributed by atoms with Crippen LogP contribution in [0, 0.1) is 0 Å². The molecule has 0 unspecified atom stereocenters. The van der Waals surface area contributed by atoms with Crippen molar-refractivity contribution >= 4 is 23.7 Å². The van der Waals surface area contributed by atoms with Gasteiger partial charge in [-0.1, -0.05) is 48.5 Å². The van der Waals surface area contributed by atoms with Crippen LogP contribution in [0.5, 0.6) is 5.75 Å². The van der Waals surface area contributed by atoms with E-state index in [9.17, 15) is 9.59 Å². The summed E-state index contributed by atoms with van der Waals surface area (Å²) in [6, 6.07) is 25.4. The van der Waals surface area contributed by atoms with Crippen molar-refractivity contribution in [3.63, 3.8) is 0 Å². The van der Waals surface area contributed by atoms with Crippen LogP contribution in [0.15, 0.2) is 84.0 Å². The third kappa shape index (κ3) is 6.29. The monoisotopic (exact) mass is 441 g/mol. The molecule has 0 spiro atoms. The fraction of sp³-hybridized carbons (Fsp3) is 0.222. The van der Waals surface area contributed by atoms with Crippen LogP contribution in [-0.2, 0) is 22.6 Å². The Morgan fingerprint density at radius 2 is 1.70 bits per heavy atom. The van der Waals surface area contributed by atoms with Gasteiger partial charge in [0.1, 0.15) is 12.4 Å². The molecule has 2 amide bonds. The van der Waals surface area contributed by atoms with Gasteiger partial charge in [-0.3, -0.25) is 9.59 Å². The minimum absolute atomic E-state index is 0.0348. The Kier molecular flexibility index (Phi) is 7.48. The average Bonchev–Trinajstić information content (AvgIpc) is 2.87. The second kappa shape index (κ2) is 11.1. The number of benzene rings is 3. The lowest BCUT2D eigenvalue weighted by atomic mass is 10.0. The minimum atomic E-state index is -0.285. The van der Waals surface area contributed by atoms with E-state index in [1.807, 2.05) is 72.8 Å². The Morgan fingerprint density at radius 1 is 0.939 bits per heavy atom. The van der Waals surface area contributed by atoms with Gasteiger partial charge in [0, 0.05) is 25.1 Å². The quantitative estimate of drug-likeness (QED) is 0.414. The summed E-state index contributed by atoms with van der Waals surface area (Å²) in [5, 5.41) is 4.00. The molecule has 33 heavy (non-hydrogen) atoms. The standard InChI is InChI=1S/C27H27N3O3/c31-26(16-17-27(32)30-18-6-10-23-9-4-5-11-25(23)30)29-28-19-21-12-14-24(15-13-21)33-20-22-7-2-1-3-8-22/h1-5,7-9,11-15,19H,6,10,16-18,20H2,(H,29,31)/b28-19+. The first-order valence-electron chi connectivity index (χ1n) is 11.2. The molecule has 0 fully saturated rings. The van der Waals surface area contributed by atoms with E-state index in [1.54, 1.807) is 11.1 Å². The van der Waals surface area contributed by atoms with Gasteiger partial charge in [-0.25, -0.2) is 5.43 Å². The van der Waals surface area contributed by atoms with Gasteiger partial charge in [0.25, 0.3) is 0 Å². The number of nitrogens with zero attached hydrogens (tertiary/aromatic N) is 2. The van der Waals surface area contributed by atoms with Crippen LogP contribution >= 0.6 is 0 Å². The van der Waals surface area contributed by atoms with Crippen molar-refractivity contribution in [3.05, 3.63) is 95.6 Å². The summed E-state index contributed by atoms with van der Waals surface area (Å²) in [7, 11) is 0. The number of para-hydroxylation sites is 1. The van der Waals surface area contributed by atoms with E-state index >= 15 is 0 Å². The zero-order valence-electron chi connectivity index (χ0n) is 18.4. The average molecular weight is 442 g/mol. The molecule has 1 heterocycles.